The number of ether oxygens (including phenoxy) is 3. The van der Waals surface area contributed by atoms with Gasteiger partial charge in [0.25, 0.3) is 11.7 Å². The summed E-state index contributed by atoms with van der Waals surface area (Å²) >= 11 is 0. The average molecular weight is 530 g/mol. The van der Waals surface area contributed by atoms with Gasteiger partial charge in [0.05, 0.1) is 31.4 Å². The van der Waals surface area contributed by atoms with Crippen LogP contribution in [-0.4, -0.2) is 41.5 Å². The third kappa shape index (κ3) is 6.42. The lowest BCUT2D eigenvalue weighted by Gasteiger charge is -2.26. The van der Waals surface area contributed by atoms with Crippen LogP contribution in [0.4, 0.5) is 0 Å². The molecular formula is C32H35NO6. The van der Waals surface area contributed by atoms with Crippen molar-refractivity contribution in [1.29, 1.82) is 0 Å². The summed E-state index contributed by atoms with van der Waals surface area (Å²) in [5.41, 5.74) is 1.95. The fourth-order valence-corrected chi connectivity index (χ4v) is 4.47. The molecule has 1 N–H and O–H groups in total. The highest BCUT2D eigenvalue weighted by Gasteiger charge is 2.46. The van der Waals surface area contributed by atoms with Gasteiger partial charge in [0.15, 0.2) is 0 Å². The number of nitrogens with zero attached hydrogens (tertiary/aromatic N) is 1. The van der Waals surface area contributed by atoms with Gasteiger partial charge in [0, 0.05) is 12.1 Å². The van der Waals surface area contributed by atoms with E-state index >= 15 is 0 Å². The first-order valence-electron chi connectivity index (χ1n) is 13.1. The van der Waals surface area contributed by atoms with Crippen LogP contribution in [0.1, 0.15) is 50.4 Å². The number of benzene rings is 3. The Bertz CT molecular complexity index is 1340. The average Bonchev–Trinajstić information content (AvgIpc) is 3.17. The molecule has 0 spiro atoms. The first kappa shape index (κ1) is 27.8. The maximum atomic E-state index is 13.4. The molecule has 4 rings (SSSR count). The number of rotatable bonds is 10. The molecule has 7 nitrogen and oxygen atoms in total. The highest BCUT2D eigenvalue weighted by molar-refractivity contribution is 6.46. The molecule has 39 heavy (non-hydrogen) atoms. The predicted octanol–water partition coefficient (Wildman–Crippen LogP) is 6.14. The van der Waals surface area contributed by atoms with E-state index in [0.717, 1.165) is 5.56 Å². The minimum absolute atomic E-state index is 0.0334. The summed E-state index contributed by atoms with van der Waals surface area (Å²) in [7, 11) is 1.59. The smallest absolute Gasteiger partial charge is 0.295 e. The van der Waals surface area contributed by atoms with E-state index in [1.165, 1.54) is 4.90 Å². The maximum absolute atomic E-state index is 13.4. The van der Waals surface area contributed by atoms with E-state index in [-0.39, 0.29) is 24.0 Å². The molecule has 1 aliphatic heterocycles. The number of carbonyl (C=O) groups excluding carboxylic acids is 2. The van der Waals surface area contributed by atoms with Crippen molar-refractivity contribution in [3.05, 3.63) is 95.1 Å². The van der Waals surface area contributed by atoms with Gasteiger partial charge in [-0.2, -0.15) is 0 Å². The lowest BCUT2D eigenvalue weighted by Crippen LogP contribution is -2.29. The third-order valence-electron chi connectivity index (χ3n) is 6.31. The van der Waals surface area contributed by atoms with E-state index < -0.39 is 17.7 Å². The second-order valence-corrected chi connectivity index (χ2v) is 10.2. The SMILES string of the molecule is COc1ccc(CN2C(=O)C(=O)/C(=C(\O)c3ccc(OCC(C)C)cc3)C2c2cccc(OC(C)C)c2)cc1. The molecule has 0 aliphatic carbocycles. The lowest BCUT2D eigenvalue weighted by atomic mass is 9.95. The molecule has 0 bridgehead atoms. The first-order valence-corrected chi connectivity index (χ1v) is 13.1. The number of methoxy groups -OCH3 is 1. The van der Waals surface area contributed by atoms with Gasteiger partial charge in [-0.1, -0.05) is 38.1 Å². The Kier molecular flexibility index (Phi) is 8.59. The molecule has 3 aromatic carbocycles. The van der Waals surface area contributed by atoms with Crippen molar-refractivity contribution in [2.24, 2.45) is 5.92 Å². The van der Waals surface area contributed by atoms with Gasteiger partial charge in [0.2, 0.25) is 0 Å². The number of Topliss-reactive ketones (excluding diaryl/α,β-unsaturated/α-hetero) is 1. The van der Waals surface area contributed by atoms with Gasteiger partial charge in [-0.25, -0.2) is 0 Å². The van der Waals surface area contributed by atoms with Crippen LogP contribution >= 0.6 is 0 Å². The molecule has 7 heteroatoms. The van der Waals surface area contributed by atoms with Crippen LogP contribution < -0.4 is 14.2 Å². The van der Waals surface area contributed by atoms with Crippen LogP contribution in [0.25, 0.3) is 5.76 Å². The van der Waals surface area contributed by atoms with Crippen molar-refractivity contribution < 1.29 is 28.9 Å². The van der Waals surface area contributed by atoms with Gasteiger partial charge in [-0.15, -0.1) is 0 Å². The first-order chi connectivity index (χ1) is 18.7. The normalized spacial score (nSPS) is 16.7. The zero-order valence-corrected chi connectivity index (χ0v) is 23.0. The monoisotopic (exact) mass is 529 g/mol. The number of likely N-dealkylation sites (tertiary alicyclic amines) is 1. The molecule has 1 amide bonds. The fourth-order valence-electron chi connectivity index (χ4n) is 4.47. The standard InChI is InChI=1S/C32H35NO6/c1-20(2)19-38-26-15-11-23(12-16-26)30(34)28-29(24-7-6-8-27(17-24)39-21(3)4)33(32(36)31(28)35)18-22-9-13-25(37-5)14-10-22/h6-17,20-21,29,34H,18-19H2,1-5H3/b30-28-. The fraction of sp³-hybridized carbons (Fsp3) is 0.312. The number of amides is 1. The zero-order valence-electron chi connectivity index (χ0n) is 23.0. The Hall–Kier alpha value is -4.26. The summed E-state index contributed by atoms with van der Waals surface area (Å²) in [5.74, 6) is 0.693. The molecular weight excluding hydrogens is 494 g/mol. The van der Waals surface area contributed by atoms with Crippen LogP contribution in [-0.2, 0) is 16.1 Å². The summed E-state index contributed by atoms with van der Waals surface area (Å²) in [5, 5.41) is 11.4. The molecule has 1 atom stereocenters. The molecule has 0 saturated carbocycles. The topological polar surface area (TPSA) is 85.3 Å². The third-order valence-corrected chi connectivity index (χ3v) is 6.31. The van der Waals surface area contributed by atoms with Crippen LogP contribution in [0.2, 0.25) is 0 Å². The zero-order chi connectivity index (χ0) is 28.1. The molecule has 0 aromatic heterocycles. The van der Waals surface area contributed by atoms with Gasteiger partial charge in [0.1, 0.15) is 23.0 Å². The number of aliphatic hydroxyl groups excluding tert-OH is 1. The van der Waals surface area contributed by atoms with Crippen LogP contribution in [0, 0.1) is 5.92 Å². The minimum Gasteiger partial charge on any atom is -0.507 e. The molecule has 1 fully saturated rings. The van der Waals surface area contributed by atoms with Crippen molar-refractivity contribution >= 4 is 17.4 Å². The summed E-state index contributed by atoms with van der Waals surface area (Å²) in [6.07, 6.45) is -0.0534. The van der Waals surface area contributed by atoms with Crippen LogP contribution in [0.5, 0.6) is 17.2 Å². The molecule has 0 radical (unpaired) electrons. The summed E-state index contributed by atoms with van der Waals surface area (Å²) < 4.78 is 16.9. The quantitative estimate of drug-likeness (QED) is 0.193. The number of ketones is 1. The van der Waals surface area contributed by atoms with Crippen molar-refractivity contribution in [2.45, 2.75) is 46.4 Å². The van der Waals surface area contributed by atoms with E-state index in [9.17, 15) is 14.7 Å². The molecule has 3 aromatic rings. The van der Waals surface area contributed by atoms with Gasteiger partial charge < -0.3 is 24.2 Å². The number of carbonyl (C=O) groups is 2. The Morgan fingerprint density at radius 1 is 0.897 bits per heavy atom. The number of aliphatic hydroxyl groups is 1. The second-order valence-electron chi connectivity index (χ2n) is 10.2. The maximum Gasteiger partial charge on any atom is 0.295 e. The molecule has 1 saturated heterocycles. The van der Waals surface area contributed by atoms with Gasteiger partial charge in [-0.3, -0.25) is 9.59 Å². The molecule has 204 valence electrons. The van der Waals surface area contributed by atoms with E-state index in [4.69, 9.17) is 14.2 Å². The van der Waals surface area contributed by atoms with E-state index in [0.29, 0.717) is 40.9 Å². The lowest BCUT2D eigenvalue weighted by molar-refractivity contribution is -0.140. The van der Waals surface area contributed by atoms with Gasteiger partial charge >= 0.3 is 0 Å². The van der Waals surface area contributed by atoms with Crippen molar-refractivity contribution in [3.8, 4) is 17.2 Å². The number of hydrogen-bond donors (Lipinski definition) is 1. The van der Waals surface area contributed by atoms with Gasteiger partial charge in [-0.05, 0) is 79.4 Å². The van der Waals surface area contributed by atoms with E-state index in [2.05, 4.69) is 13.8 Å². The molecule has 1 unspecified atom stereocenters. The Morgan fingerprint density at radius 2 is 1.56 bits per heavy atom. The van der Waals surface area contributed by atoms with E-state index in [1.807, 2.05) is 50.2 Å². The summed E-state index contributed by atoms with van der Waals surface area (Å²) in [4.78, 5) is 28.3. The Morgan fingerprint density at radius 3 is 2.18 bits per heavy atom. The minimum atomic E-state index is -0.806. The summed E-state index contributed by atoms with van der Waals surface area (Å²) in [6, 6.07) is 20.7. The highest BCUT2D eigenvalue weighted by atomic mass is 16.5. The van der Waals surface area contributed by atoms with Crippen LogP contribution in [0.3, 0.4) is 0 Å². The summed E-state index contributed by atoms with van der Waals surface area (Å²) in [6.45, 7) is 8.72. The predicted molar refractivity (Wildman–Crippen MR) is 150 cm³/mol. The molecule has 1 aliphatic rings. The number of hydrogen-bond acceptors (Lipinski definition) is 6. The van der Waals surface area contributed by atoms with E-state index in [1.54, 1.807) is 43.5 Å². The molecule has 1 heterocycles. The highest BCUT2D eigenvalue weighted by Crippen LogP contribution is 2.41. The Labute approximate surface area is 229 Å². The largest absolute Gasteiger partial charge is 0.507 e. The van der Waals surface area contributed by atoms with Crippen molar-refractivity contribution in [1.82, 2.24) is 4.90 Å². The van der Waals surface area contributed by atoms with Crippen LogP contribution in [0.15, 0.2) is 78.4 Å². The van der Waals surface area contributed by atoms with Crippen molar-refractivity contribution in [2.75, 3.05) is 13.7 Å². The Balaban J connectivity index is 1.77. The van der Waals surface area contributed by atoms with Crippen molar-refractivity contribution in [3.63, 3.8) is 0 Å². The second kappa shape index (κ2) is 12.1.